The van der Waals surface area contributed by atoms with E-state index in [-0.39, 0.29) is 0 Å². The third-order valence-electron chi connectivity index (χ3n) is 3.84. The Labute approximate surface area is 130 Å². The van der Waals surface area contributed by atoms with Gasteiger partial charge in [-0.15, -0.1) is 0 Å². The highest BCUT2D eigenvalue weighted by Crippen LogP contribution is 2.32. The van der Waals surface area contributed by atoms with E-state index in [9.17, 15) is 0 Å². The van der Waals surface area contributed by atoms with Gasteiger partial charge in [0.15, 0.2) is 0 Å². The predicted octanol–water partition coefficient (Wildman–Crippen LogP) is 3.85. The van der Waals surface area contributed by atoms with Gasteiger partial charge in [-0.2, -0.15) is 0 Å². The van der Waals surface area contributed by atoms with Crippen LogP contribution >= 0.6 is 12.9 Å². The fourth-order valence-corrected chi connectivity index (χ4v) is 5.94. The lowest BCUT2D eigenvalue weighted by atomic mass is 9.86. The number of hydrogen-bond acceptors (Lipinski definition) is 5. The average Bonchev–Trinajstić information content (AvgIpc) is 2.46. The first-order chi connectivity index (χ1) is 9.69. The standard InChI is InChI=1S/C14H30O4SSi/c1-4-15-20(16-5-2,17-6-3)11-10-13-8-7-9-14(12-13)18-19/h13-14,19H,4-12H2,1-3H3. The summed E-state index contributed by atoms with van der Waals surface area (Å²) in [4.78, 5) is 0. The van der Waals surface area contributed by atoms with Gasteiger partial charge >= 0.3 is 8.80 Å². The Bertz CT molecular complexity index is 238. The molecule has 0 spiro atoms. The van der Waals surface area contributed by atoms with Crippen LogP contribution in [0.5, 0.6) is 0 Å². The Balaban J connectivity index is 2.51. The van der Waals surface area contributed by atoms with Gasteiger partial charge in [0.05, 0.1) is 6.10 Å². The van der Waals surface area contributed by atoms with Gasteiger partial charge < -0.3 is 17.5 Å². The molecule has 0 N–H and O–H groups in total. The van der Waals surface area contributed by atoms with Crippen molar-refractivity contribution >= 4 is 21.7 Å². The first-order valence-electron chi connectivity index (χ1n) is 7.91. The van der Waals surface area contributed by atoms with Crippen molar-refractivity contribution in [2.24, 2.45) is 5.92 Å². The van der Waals surface area contributed by atoms with Crippen molar-refractivity contribution in [2.75, 3.05) is 19.8 Å². The van der Waals surface area contributed by atoms with Crippen LogP contribution in [0.15, 0.2) is 0 Å². The molecule has 6 heteroatoms. The van der Waals surface area contributed by atoms with E-state index in [0.717, 1.165) is 25.3 Å². The molecule has 0 aromatic heterocycles. The molecule has 0 aromatic rings. The van der Waals surface area contributed by atoms with Crippen molar-refractivity contribution < 1.29 is 17.5 Å². The summed E-state index contributed by atoms with van der Waals surface area (Å²) < 4.78 is 22.9. The van der Waals surface area contributed by atoms with Crippen molar-refractivity contribution in [3.63, 3.8) is 0 Å². The monoisotopic (exact) mass is 322 g/mol. The van der Waals surface area contributed by atoms with Crippen molar-refractivity contribution in [3.05, 3.63) is 0 Å². The summed E-state index contributed by atoms with van der Waals surface area (Å²) in [7, 11) is -2.47. The van der Waals surface area contributed by atoms with Gasteiger partial charge in [-0.25, -0.2) is 0 Å². The topological polar surface area (TPSA) is 36.9 Å². The Kier molecular flexibility index (Phi) is 9.40. The van der Waals surface area contributed by atoms with Crippen LogP contribution in [0, 0.1) is 5.92 Å². The van der Waals surface area contributed by atoms with E-state index in [4.69, 9.17) is 17.5 Å². The Morgan fingerprint density at radius 1 is 1.00 bits per heavy atom. The van der Waals surface area contributed by atoms with Gasteiger partial charge in [0.1, 0.15) is 0 Å². The van der Waals surface area contributed by atoms with Crippen LogP contribution in [-0.2, 0) is 17.5 Å². The molecule has 0 heterocycles. The lowest BCUT2D eigenvalue weighted by Gasteiger charge is -2.32. The van der Waals surface area contributed by atoms with Gasteiger partial charge in [0, 0.05) is 25.9 Å². The molecule has 1 fully saturated rings. The first kappa shape index (κ1) is 18.5. The second kappa shape index (κ2) is 10.2. The van der Waals surface area contributed by atoms with E-state index in [2.05, 4.69) is 12.9 Å². The van der Waals surface area contributed by atoms with Crippen molar-refractivity contribution in [2.45, 2.75) is 65.0 Å². The van der Waals surface area contributed by atoms with Gasteiger partial charge in [-0.3, -0.25) is 0 Å². The Morgan fingerprint density at radius 2 is 1.60 bits per heavy atom. The van der Waals surface area contributed by atoms with Crippen molar-refractivity contribution in [1.29, 1.82) is 0 Å². The Hall–Kier alpha value is 0.407. The fourth-order valence-electron chi connectivity index (χ4n) is 2.98. The van der Waals surface area contributed by atoms with Crippen LogP contribution in [0.2, 0.25) is 6.04 Å². The number of hydrogen-bond donors (Lipinski definition) is 1. The van der Waals surface area contributed by atoms with Crippen LogP contribution in [0.25, 0.3) is 0 Å². The molecule has 0 bridgehead atoms. The van der Waals surface area contributed by atoms with E-state index in [1.165, 1.54) is 12.8 Å². The summed E-state index contributed by atoms with van der Waals surface area (Å²) in [6.07, 6.45) is 6.12. The van der Waals surface area contributed by atoms with E-state index in [0.29, 0.717) is 31.8 Å². The molecule has 1 saturated carbocycles. The fraction of sp³-hybridized carbons (Fsp3) is 1.00. The minimum Gasteiger partial charge on any atom is -0.374 e. The van der Waals surface area contributed by atoms with Crippen molar-refractivity contribution in [1.82, 2.24) is 0 Å². The largest absolute Gasteiger partial charge is 0.500 e. The summed E-state index contributed by atoms with van der Waals surface area (Å²) in [5, 5.41) is 0. The van der Waals surface area contributed by atoms with Crippen LogP contribution in [0.4, 0.5) is 0 Å². The Morgan fingerprint density at radius 3 is 2.10 bits per heavy atom. The van der Waals surface area contributed by atoms with Gasteiger partial charge in [-0.05, 0) is 58.9 Å². The van der Waals surface area contributed by atoms with Gasteiger partial charge in [-0.1, -0.05) is 12.8 Å². The zero-order valence-electron chi connectivity index (χ0n) is 13.1. The molecule has 0 aliphatic heterocycles. The van der Waals surface area contributed by atoms with E-state index in [1.807, 2.05) is 20.8 Å². The van der Waals surface area contributed by atoms with E-state index < -0.39 is 8.80 Å². The summed E-state index contributed by atoms with van der Waals surface area (Å²) in [6, 6.07) is 0.909. The minimum atomic E-state index is -2.47. The lowest BCUT2D eigenvalue weighted by Crippen LogP contribution is -2.46. The van der Waals surface area contributed by atoms with Crippen LogP contribution in [0.1, 0.15) is 52.9 Å². The normalized spacial score (nSPS) is 24.0. The zero-order valence-corrected chi connectivity index (χ0v) is 15.0. The molecule has 2 unspecified atom stereocenters. The van der Waals surface area contributed by atoms with E-state index >= 15 is 0 Å². The molecular weight excluding hydrogens is 292 g/mol. The highest BCUT2D eigenvalue weighted by molar-refractivity contribution is 7.75. The average molecular weight is 323 g/mol. The smallest absolute Gasteiger partial charge is 0.374 e. The number of rotatable bonds is 10. The van der Waals surface area contributed by atoms with Gasteiger partial charge in [0.2, 0.25) is 0 Å². The van der Waals surface area contributed by atoms with Crippen molar-refractivity contribution in [3.8, 4) is 0 Å². The molecule has 1 rings (SSSR count). The molecule has 2 atom stereocenters. The molecule has 4 nitrogen and oxygen atoms in total. The van der Waals surface area contributed by atoms with Crippen LogP contribution in [-0.4, -0.2) is 34.7 Å². The second-order valence-corrected chi connectivity index (χ2v) is 8.22. The summed E-state index contributed by atoms with van der Waals surface area (Å²) in [5.41, 5.74) is 0. The molecule has 1 aliphatic rings. The number of thiol groups is 1. The third-order valence-corrected chi connectivity index (χ3v) is 7.22. The minimum absolute atomic E-state index is 0.305. The SMILES string of the molecule is CCO[Si](CCC1CCCC(OS)C1)(OCC)OCC. The summed E-state index contributed by atoms with van der Waals surface area (Å²) >= 11 is 3.96. The predicted molar refractivity (Wildman–Crippen MR) is 85.9 cm³/mol. The molecule has 0 aromatic carbocycles. The van der Waals surface area contributed by atoms with Crippen LogP contribution in [0.3, 0.4) is 0 Å². The molecule has 0 radical (unpaired) electrons. The first-order valence-corrected chi connectivity index (χ1v) is 10.2. The second-order valence-electron chi connectivity index (χ2n) is 5.28. The molecular formula is C14H30O4SSi. The van der Waals surface area contributed by atoms with E-state index in [1.54, 1.807) is 0 Å². The zero-order chi connectivity index (χ0) is 14.8. The maximum Gasteiger partial charge on any atom is 0.500 e. The quantitative estimate of drug-likeness (QED) is 0.377. The highest BCUT2D eigenvalue weighted by Gasteiger charge is 2.40. The molecule has 1 aliphatic carbocycles. The van der Waals surface area contributed by atoms with Crippen LogP contribution < -0.4 is 0 Å². The highest BCUT2D eigenvalue weighted by atomic mass is 32.1. The molecule has 20 heavy (non-hydrogen) atoms. The summed E-state index contributed by atoms with van der Waals surface area (Å²) in [5.74, 6) is 0.675. The molecule has 0 saturated heterocycles. The third kappa shape index (κ3) is 6.03. The lowest BCUT2D eigenvalue weighted by molar-refractivity contribution is 0.0671. The maximum atomic E-state index is 5.90. The maximum absolute atomic E-state index is 5.90. The molecule has 120 valence electrons. The molecule has 0 amide bonds. The van der Waals surface area contributed by atoms with Gasteiger partial charge in [0.25, 0.3) is 0 Å². The summed E-state index contributed by atoms with van der Waals surface area (Å²) in [6.45, 7) is 7.97.